The SMILES string of the molecule is CC(=O)ON(C(C)=O)c1ccccc1Br. The van der Waals surface area contributed by atoms with Crippen LogP contribution in [0.3, 0.4) is 0 Å². The lowest BCUT2D eigenvalue weighted by Gasteiger charge is -2.19. The van der Waals surface area contributed by atoms with Gasteiger partial charge in [0, 0.05) is 18.3 Å². The summed E-state index contributed by atoms with van der Waals surface area (Å²) < 4.78 is 0.682. The zero-order chi connectivity index (χ0) is 11.4. The van der Waals surface area contributed by atoms with Crippen molar-refractivity contribution in [3.8, 4) is 0 Å². The van der Waals surface area contributed by atoms with E-state index in [4.69, 9.17) is 4.84 Å². The van der Waals surface area contributed by atoms with Gasteiger partial charge in [-0.05, 0) is 28.1 Å². The summed E-state index contributed by atoms with van der Waals surface area (Å²) in [6.45, 7) is 2.56. The number of carbonyl (C=O) groups excluding carboxylic acids is 2. The van der Waals surface area contributed by atoms with Gasteiger partial charge in [0.2, 0.25) is 0 Å². The number of carbonyl (C=O) groups is 2. The molecular weight excluding hydrogens is 262 g/mol. The number of benzene rings is 1. The Morgan fingerprint density at radius 1 is 1.27 bits per heavy atom. The molecule has 80 valence electrons. The van der Waals surface area contributed by atoms with Crippen LogP contribution in [0, 0.1) is 0 Å². The molecule has 0 fully saturated rings. The Kier molecular flexibility index (Phi) is 3.85. The number of hydrogen-bond acceptors (Lipinski definition) is 3. The molecule has 1 aromatic rings. The minimum absolute atomic E-state index is 0.364. The van der Waals surface area contributed by atoms with Gasteiger partial charge in [-0.1, -0.05) is 12.1 Å². The summed E-state index contributed by atoms with van der Waals surface area (Å²) in [6.07, 6.45) is 0. The van der Waals surface area contributed by atoms with Crippen LogP contribution in [0.5, 0.6) is 0 Å². The third-order valence-electron chi connectivity index (χ3n) is 1.58. The van der Waals surface area contributed by atoms with Crippen molar-refractivity contribution in [2.75, 3.05) is 5.06 Å². The predicted octanol–water partition coefficient (Wildman–Crippen LogP) is 2.28. The summed E-state index contributed by atoms with van der Waals surface area (Å²) in [7, 11) is 0. The van der Waals surface area contributed by atoms with E-state index in [2.05, 4.69) is 15.9 Å². The van der Waals surface area contributed by atoms with Gasteiger partial charge < -0.3 is 4.84 Å². The molecule has 0 bridgehead atoms. The van der Waals surface area contributed by atoms with Gasteiger partial charge in [0.1, 0.15) is 0 Å². The maximum atomic E-state index is 11.3. The molecule has 0 aromatic heterocycles. The lowest BCUT2D eigenvalue weighted by atomic mass is 10.3. The number of hydrogen-bond donors (Lipinski definition) is 0. The van der Waals surface area contributed by atoms with Gasteiger partial charge in [-0.15, -0.1) is 5.06 Å². The summed E-state index contributed by atoms with van der Waals surface area (Å²) in [5.41, 5.74) is 0.500. The first-order chi connectivity index (χ1) is 7.02. The molecule has 15 heavy (non-hydrogen) atoms. The Morgan fingerprint density at radius 3 is 2.33 bits per heavy atom. The highest BCUT2D eigenvalue weighted by Crippen LogP contribution is 2.26. The maximum Gasteiger partial charge on any atom is 0.330 e. The normalized spacial score (nSPS) is 9.53. The number of halogens is 1. The molecule has 4 nitrogen and oxygen atoms in total. The smallest absolute Gasteiger partial charge is 0.330 e. The van der Waals surface area contributed by atoms with Crippen molar-refractivity contribution in [1.29, 1.82) is 0 Å². The van der Waals surface area contributed by atoms with Crippen LogP contribution < -0.4 is 5.06 Å². The van der Waals surface area contributed by atoms with Crippen molar-refractivity contribution in [3.05, 3.63) is 28.7 Å². The van der Waals surface area contributed by atoms with Gasteiger partial charge in [0.05, 0.1) is 5.69 Å². The Balaban J connectivity index is 3.04. The van der Waals surface area contributed by atoms with Crippen molar-refractivity contribution >= 4 is 33.5 Å². The van der Waals surface area contributed by atoms with Crippen LogP contribution in [0.25, 0.3) is 0 Å². The fourth-order valence-electron chi connectivity index (χ4n) is 1.03. The van der Waals surface area contributed by atoms with Gasteiger partial charge in [0.25, 0.3) is 5.91 Å². The number of para-hydroxylation sites is 1. The van der Waals surface area contributed by atoms with Crippen molar-refractivity contribution in [2.24, 2.45) is 0 Å². The van der Waals surface area contributed by atoms with Gasteiger partial charge in [-0.2, -0.15) is 0 Å². The van der Waals surface area contributed by atoms with Crippen LogP contribution in [0.2, 0.25) is 0 Å². The van der Waals surface area contributed by atoms with E-state index in [0.29, 0.717) is 10.2 Å². The van der Waals surface area contributed by atoms with Crippen molar-refractivity contribution < 1.29 is 14.4 Å². The predicted molar refractivity (Wildman–Crippen MR) is 59.1 cm³/mol. The van der Waals surface area contributed by atoms with Crippen LogP contribution in [-0.4, -0.2) is 11.9 Å². The number of hydroxylamine groups is 1. The average molecular weight is 272 g/mol. The topological polar surface area (TPSA) is 46.6 Å². The van der Waals surface area contributed by atoms with Gasteiger partial charge >= 0.3 is 5.97 Å². The summed E-state index contributed by atoms with van der Waals surface area (Å²) in [6, 6.07) is 6.99. The molecule has 1 amide bonds. The summed E-state index contributed by atoms with van der Waals surface area (Å²) in [5, 5.41) is 0.951. The first-order valence-corrected chi connectivity index (χ1v) is 5.05. The largest absolute Gasteiger partial charge is 0.333 e. The second kappa shape index (κ2) is 4.93. The highest BCUT2D eigenvalue weighted by Gasteiger charge is 2.17. The molecule has 0 unspecified atom stereocenters. The molecule has 1 rings (SSSR count). The molecule has 0 aliphatic heterocycles. The molecule has 1 aromatic carbocycles. The average Bonchev–Trinajstić information content (AvgIpc) is 2.15. The van der Waals surface area contributed by atoms with E-state index in [1.165, 1.54) is 13.8 Å². The number of rotatable bonds is 1. The maximum absolute atomic E-state index is 11.3. The molecule has 0 saturated carbocycles. The van der Waals surface area contributed by atoms with Gasteiger partial charge in [-0.25, -0.2) is 4.79 Å². The summed E-state index contributed by atoms with van der Waals surface area (Å²) in [5.74, 6) is -0.905. The van der Waals surface area contributed by atoms with E-state index in [-0.39, 0.29) is 5.91 Å². The number of nitrogens with zero attached hydrogens (tertiary/aromatic N) is 1. The Morgan fingerprint density at radius 2 is 1.87 bits per heavy atom. The zero-order valence-corrected chi connectivity index (χ0v) is 9.95. The van der Waals surface area contributed by atoms with Crippen LogP contribution in [0.15, 0.2) is 28.7 Å². The van der Waals surface area contributed by atoms with E-state index >= 15 is 0 Å². The zero-order valence-electron chi connectivity index (χ0n) is 8.36. The summed E-state index contributed by atoms with van der Waals surface area (Å²) >= 11 is 3.27. The highest BCUT2D eigenvalue weighted by molar-refractivity contribution is 9.10. The lowest BCUT2D eigenvalue weighted by Crippen LogP contribution is -2.30. The second-order valence-electron chi connectivity index (χ2n) is 2.85. The van der Waals surface area contributed by atoms with Crippen LogP contribution in [-0.2, 0) is 14.4 Å². The molecule has 0 spiro atoms. The minimum atomic E-state index is -0.541. The monoisotopic (exact) mass is 271 g/mol. The molecular formula is C10H10BrNO3. The van der Waals surface area contributed by atoms with Gasteiger partial charge in [0.15, 0.2) is 0 Å². The lowest BCUT2D eigenvalue weighted by molar-refractivity contribution is -0.147. The Hall–Kier alpha value is -1.36. The third kappa shape index (κ3) is 3.06. The third-order valence-corrected chi connectivity index (χ3v) is 2.25. The molecule has 0 saturated heterocycles. The van der Waals surface area contributed by atoms with Crippen LogP contribution in [0.1, 0.15) is 13.8 Å². The van der Waals surface area contributed by atoms with Gasteiger partial charge in [-0.3, -0.25) is 4.79 Å². The molecule has 0 radical (unpaired) electrons. The standard InChI is InChI=1S/C10H10BrNO3/c1-7(13)12(15-8(2)14)10-6-4-3-5-9(10)11/h3-6H,1-2H3. The Labute approximate surface area is 95.9 Å². The van der Waals surface area contributed by atoms with E-state index in [1.807, 2.05) is 0 Å². The van der Waals surface area contributed by atoms with Crippen LogP contribution >= 0.6 is 15.9 Å². The van der Waals surface area contributed by atoms with E-state index in [1.54, 1.807) is 24.3 Å². The minimum Gasteiger partial charge on any atom is -0.333 e. The Bertz CT molecular complexity index is 392. The van der Waals surface area contributed by atoms with E-state index < -0.39 is 5.97 Å². The van der Waals surface area contributed by atoms with E-state index in [0.717, 1.165) is 5.06 Å². The molecule has 0 atom stereocenters. The molecule has 0 aliphatic rings. The molecule has 0 heterocycles. The molecule has 0 aliphatic carbocycles. The van der Waals surface area contributed by atoms with Crippen molar-refractivity contribution in [3.63, 3.8) is 0 Å². The van der Waals surface area contributed by atoms with Crippen molar-refractivity contribution in [2.45, 2.75) is 13.8 Å². The molecule has 5 heteroatoms. The van der Waals surface area contributed by atoms with E-state index in [9.17, 15) is 9.59 Å². The quantitative estimate of drug-likeness (QED) is 0.737. The second-order valence-corrected chi connectivity index (χ2v) is 3.70. The fourth-order valence-corrected chi connectivity index (χ4v) is 1.47. The number of amides is 1. The first kappa shape index (κ1) is 11.7. The highest BCUT2D eigenvalue weighted by atomic mass is 79.9. The fraction of sp³-hybridized carbons (Fsp3) is 0.200. The van der Waals surface area contributed by atoms with Crippen molar-refractivity contribution in [1.82, 2.24) is 0 Å². The first-order valence-electron chi connectivity index (χ1n) is 4.26. The molecule has 0 N–H and O–H groups in total. The summed E-state index contributed by atoms with van der Waals surface area (Å²) in [4.78, 5) is 26.9. The number of anilines is 1. The van der Waals surface area contributed by atoms with Crippen LogP contribution in [0.4, 0.5) is 5.69 Å².